The molecule has 6 rings (SSSR count). The third-order valence-electron chi connectivity index (χ3n) is 7.89. The zero-order chi connectivity index (χ0) is 25.7. The van der Waals surface area contributed by atoms with Crippen molar-refractivity contribution in [2.75, 3.05) is 27.3 Å². The van der Waals surface area contributed by atoms with Gasteiger partial charge in [-0.25, -0.2) is 0 Å². The lowest BCUT2D eigenvalue weighted by Crippen LogP contribution is -2.67. The van der Waals surface area contributed by atoms with Crippen LogP contribution in [0.25, 0.3) is 10.9 Å². The summed E-state index contributed by atoms with van der Waals surface area (Å²) in [6.45, 7) is 2.62. The third kappa shape index (κ3) is 3.49. The maximum atomic E-state index is 14.3. The van der Waals surface area contributed by atoms with Gasteiger partial charge in [-0.1, -0.05) is 48.5 Å². The van der Waals surface area contributed by atoms with Gasteiger partial charge in [-0.15, -0.1) is 0 Å². The first kappa shape index (κ1) is 23.2. The van der Waals surface area contributed by atoms with Crippen molar-refractivity contribution in [3.63, 3.8) is 0 Å². The minimum Gasteiger partial charge on any atom is -0.497 e. The first-order valence-electron chi connectivity index (χ1n) is 12.4. The molecule has 2 amide bonds. The molecule has 1 fully saturated rings. The van der Waals surface area contributed by atoms with E-state index in [1.807, 2.05) is 73.7 Å². The topological polar surface area (TPSA) is 74.9 Å². The minimum atomic E-state index is -1.14. The Kier molecular flexibility index (Phi) is 5.44. The first-order chi connectivity index (χ1) is 18.0. The van der Waals surface area contributed by atoms with E-state index >= 15 is 0 Å². The van der Waals surface area contributed by atoms with E-state index in [2.05, 4.69) is 11.1 Å². The Morgan fingerprint density at radius 1 is 0.946 bits per heavy atom. The largest absolute Gasteiger partial charge is 0.497 e. The fourth-order valence-corrected chi connectivity index (χ4v) is 5.98. The quantitative estimate of drug-likeness (QED) is 0.445. The average Bonchev–Trinajstić information content (AvgIpc) is 3.33. The highest BCUT2D eigenvalue weighted by Crippen LogP contribution is 2.48. The number of nitrogens with one attached hydrogen (secondary N) is 1. The second kappa shape index (κ2) is 8.69. The third-order valence-corrected chi connectivity index (χ3v) is 7.89. The number of benzene rings is 3. The summed E-state index contributed by atoms with van der Waals surface area (Å²) in [5, 5.41) is 1.07. The van der Waals surface area contributed by atoms with Gasteiger partial charge in [-0.3, -0.25) is 9.59 Å². The van der Waals surface area contributed by atoms with Gasteiger partial charge in [0.2, 0.25) is 5.91 Å². The molecule has 0 spiro atoms. The summed E-state index contributed by atoms with van der Waals surface area (Å²) < 4.78 is 10.9. The van der Waals surface area contributed by atoms with E-state index < -0.39 is 5.54 Å². The Morgan fingerprint density at radius 2 is 1.68 bits per heavy atom. The Balaban J connectivity index is 1.48. The zero-order valence-corrected chi connectivity index (χ0v) is 21.2. The number of H-pyrrole nitrogens is 1. The molecular formula is C30H29N3O4. The fourth-order valence-electron chi connectivity index (χ4n) is 5.98. The van der Waals surface area contributed by atoms with Crippen LogP contribution < -0.4 is 9.47 Å². The molecule has 1 N–H and O–H groups in total. The van der Waals surface area contributed by atoms with Crippen LogP contribution in [0, 0.1) is 0 Å². The number of ether oxygens (including phenoxy) is 2. The molecule has 4 aromatic rings. The second-order valence-corrected chi connectivity index (χ2v) is 9.83. The van der Waals surface area contributed by atoms with E-state index in [-0.39, 0.29) is 24.3 Å². The van der Waals surface area contributed by atoms with Crippen molar-refractivity contribution >= 4 is 22.7 Å². The van der Waals surface area contributed by atoms with Crippen molar-refractivity contribution in [2.24, 2.45) is 0 Å². The van der Waals surface area contributed by atoms with E-state index in [0.29, 0.717) is 18.8 Å². The number of fused-ring (bicyclic) bond motifs is 5. The number of methoxy groups -OCH3 is 2. The van der Waals surface area contributed by atoms with Crippen molar-refractivity contribution in [3.8, 4) is 11.5 Å². The highest BCUT2D eigenvalue weighted by Gasteiger charge is 2.56. The summed E-state index contributed by atoms with van der Waals surface area (Å²) >= 11 is 0. The predicted molar refractivity (Wildman–Crippen MR) is 141 cm³/mol. The highest BCUT2D eigenvalue weighted by molar-refractivity contribution is 6.01. The van der Waals surface area contributed by atoms with Crippen LogP contribution in [0.4, 0.5) is 0 Å². The summed E-state index contributed by atoms with van der Waals surface area (Å²) in [6, 6.07) is 23.7. The van der Waals surface area contributed by atoms with Gasteiger partial charge in [0.05, 0.1) is 19.9 Å². The van der Waals surface area contributed by atoms with E-state index in [4.69, 9.17) is 9.47 Å². The minimum absolute atomic E-state index is 0.0252. The standard InChI is InChI=1S/C30H29N3O4/c1-30-28-27(22-9-5-6-10-24(22)31-28)23(19-12-14-21(36-2)15-13-19)17-33(30)26(34)18-32(29(30)35)16-20-8-4-7-11-25(20)37-3/h4-15,23,31H,16-18H2,1-3H3/t23-,30-/m0/s1. The van der Waals surface area contributed by atoms with Crippen LogP contribution in [-0.4, -0.2) is 53.9 Å². The number of piperazine rings is 1. The van der Waals surface area contributed by atoms with Gasteiger partial charge in [0.15, 0.2) is 5.54 Å². The highest BCUT2D eigenvalue weighted by atomic mass is 16.5. The van der Waals surface area contributed by atoms with Gasteiger partial charge in [0, 0.05) is 35.5 Å². The Hall–Kier alpha value is -4.26. The van der Waals surface area contributed by atoms with Crippen LogP contribution >= 0.6 is 0 Å². The average molecular weight is 496 g/mol. The molecule has 7 nitrogen and oxygen atoms in total. The zero-order valence-electron chi connectivity index (χ0n) is 21.2. The lowest BCUT2D eigenvalue weighted by molar-refractivity contribution is -0.166. The number of para-hydroxylation sites is 2. The lowest BCUT2D eigenvalue weighted by Gasteiger charge is -2.51. The summed E-state index contributed by atoms with van der Waals surface area (Å²) in [5.74, 6) is 1.23. The van der Waals surface area contributed by atoms with Gasteiger partial charge in [-0.05, 0) is 42.3 Å². The van der Waals surface area contributed by atoms with Gasteiger partial charge < -0.3 is 24.3 Å². The molecule has 37 heavy (non-hydrogen) atoms. The van der Waals surface area contributed by atoms with Crippen molar-refractivity contribution in [1.29, 1.82) is 0 Å². The van der Waals surface area contributed by atoms with E-state index in [9.17, 15) is 9.59 Å². The normalized spacial score (nSPS) is 21.1. The number of aromatic amines is 1. The van der Waals surface area contributed by atoms with Crippen LogP contribution in [-0.2, 0) is 21.7 Å². The second-order valence-electron chi connectivity index (χ2n) is 9.83. The van der Waals surface area contributed by atoms with Crippen LogP contribution in [0.2, 0.25) is 0 Å². The van der Waals surface area contributed by atoms with Gasteiger partial charge in [0.1, 0.15) is 18.0 Å². The van der Waals surface area contributed by atoms with Crippen LogP contribution in [0.1, 0.15) is 35.2 Å². The summed E-state index contributed by atoms with van der Waals surface area (Å²) in [6.07, 6.45) is 0. The number of carbonyl (C=O) groups excluding carboxylic acids is 2. The van der Waals surface area contributed by atoms with Crippen LogP contribution in [0.15, 0.2) is 72.8 Å². The molecule has 1 aromatic heterocycles. The van der Waals surface area contributed by atoms with E-state index in [1.54, 1.807) is 24.0 Å². The fraction of sp³-hybridized carbons (Fsp3) is 0.267. The van der Waals surface area contributed by atoms with E-state index in [0.717, 1.165) is 39.0 Å². The number of nitrogens with zero attached hydrogens (tertiary/aromatic N) is 2. The number of carbonyl (C=O) groups is 2. The van der Waals surface area contributed by atoms with Gasteiger partial charge in [-0.2, -0.15) is 0 Å². The molecule has 3 heterocycles. The van der Waals surface area contributed by atoms with E-state index in [1.165, 1.54) is 0 Å². The summed E-state index contributed by atoms with van der Waals surface area (Å²) in [5.41, 5.74) is 3.60. The molecule has 2 aliphatic heterocycles. The Labute approximate surface area is 215 Å². The molecule has 0 bridgehead atoms. The molecule has 1 saturated heterocycles. The smallest absolute Gasteiger partial charge is 0.255 e. The summed E-state index contributed by atoms with van der Waals surface area (Å²) in [4.78, 5) is 34.9. The monoisotopic (exact) mass is 495 g/mol. The Morgan fingerprint density at radius 3 is 2.43 bits per heavy atom. The number of aromatic nitrogens is 1. The molecule has 0 saturated carbocycles. The maximum absolute atomic E-state index is 14.3. The molecule has 2 atom stereocenters. The Bertz CT molecular complexity index is 1510. The van der Waals surface area contributed by atoms with Gasteiger partial charge >= 0.3 is 0 Å². The van der Waals surface area contributed by atoms with Crippen molar-refractivity contribution in [1.82, 2.24) is 14.8 Å². The molecule has 3 aromatic carbocycles. The molecule has 0 radical (unpaired) electrons. The molecule has 7 heteroatoms. The number of amides is 2. The molecule has 188 valence electrons. The van der Waals surface area contributed by atoms with Gasteiger partial charge in [0.25, 0.3) is 5.91 Å². The van der Waals surface area contributed by atoms with Crippen molar-refractivity contribution in [2.45, 2.75) is 24.9 Å². The molecule has 0 aliphatic carbocycles. The predicted octanol–water partition coefficient (Wildman–Crippen LogP) is 4.42. The first-order valence-corrected chi connectivity index (χ1v) is 12.4. The maximum Gasteiger partial charge on any atom is 0.255 e. The summed E-state index contributed by atoms with van der Waals surface area (Å²) in [7, 11) is 3.26. The molecule has 2 aliphatic rings. The number of hydrogen-bond donors (Lipinski definition) is 1. The van der Waals surface area contributed by atoms with Crippen LogP contribution in [0.3, 0.4) is 0 Å². The molecule has 0 unspecified atom stereocenters. The number of hydrogen-bond acceptors (Lipinski definition) is 4. The molecular weight excluding hydrogens is 466 g/mol. The van der Waals surface area contributed by atoms with Crippen molar-refractivity contribution in [3.05, 3.63) is 95.2 Å². The number of rotatable bonds is 5. The van der Waals surface area contributed by atoms with Crippen molar-refractivity contribution < 1.29 is 19.1 Å². The lowest BCUT2D eigenvalue weighted by atomic mass is 9.76. The SMILES string of the molecule is COc1ccc([C@@H]2CN3C(=O)CN(Cc4ccccc4OC)C(=O)[C@]3(C)c3[nH]c4ccccc4c32)cc1. The van der Waals surface area contributed by atoms with Crippen LogP contribution in [0.5, 0.6) is 11.5 Å².